The van der Waals surface area contributed by atoms with Gasteiger partial charge in [0.05, 0.1) is 26.4 Å². The Hall–Kier alpha value is -4.02. The Morgan fingerprint density at radius 3 is 0.814 bits per heavy atom. The molecule has 2 unspecified atom stereocenters. The van der Waals surface area contributed by atoms with Gasteiger partial charge in [0.25, 0.3) is 0 Å². The van der Waals surface area contributed by atoms with Crippen molar-refractivity contribution in [3.63, 3.8) is 0 Å². The summed E-state index contributed by atoms with van der Waals surface area (Å²) in [5.41, 5.74) is 0. The standard InChI is InChI=1S/C83H146O17P2/c1-5-9-13-17-21-25-29-33-37-38-42-46-50-54-58-62-66-70-83(88)100-79(74-94-81(86)68-64-60-56-52-48-44-40-35-31-27-23-19-15-11-7-3)76-98-102(91,92)96-72-77(84)71-95-101(89,90)97-75-78(99-82(87)69-65-61-57-53-49-45-41-36-32-28-24-20-16-12-8-4)73-93-80(85)67-63-59-55-51-47-43-39-34-30-26-22-18-14-10-6-2/h21,23,25-27,30,33,35-37,40-42,46,54,58,77-79,84H,5-20,22,24,28-29,31-32,34,38-39,43-45,47-53,55-57,59-76H2,1-4H3,(H,89,90)(H,91,92)/b25-21-,27-23-,30-26-,37-33-,40-35-,41-36-,46-42-,58-54-/t77-,78+,79+/m0/s1. The number of phosphoric acid groups is 2. The number of hydrogen-bond donors (Lipinski definition) is 3. The van der Waals surface area contributed by atoms with Gasteiger partial charge in [-0.2, -0.15) is 0 Å². The third-order valence-corrected chi connectivity index (χ3v) is 18.9. The molecule has 0 fully saturated rings. The first kappa shape index (κ1) is 98.0. The minimum atomic E-state index is -4.99. The molecule has 0 aliphatic heterocycles. The summed E-state index contributed by atoms with van der Waals surface area (Å²) < 4.78 is 68.6. The lowest BCUT2D eigenvalue weighted by Gasteiger charge is -2.21. The molecule has 17 nitrogen and oxygen atoms in total. The van der Waals surface area contributed by atoms with Gasteiger partial charge in [-0.15, -0.1) is 0 Å². The van der Waals surface area contributed by atoms with Crippen LogP contribution in [0.4, 0.5) is 0 Å². The van der Waals surface area contributed by atoms with Crippen LogP contribution in [0.25, 0.3) is 0 Å². The fourth-order valence-corrected chi connectivity index (χ4v) is 12.3. The Morgan fingerprint density at radius 2 is 0.490 bits per heavy atom. The van der Waals surface area contributed by atoms with E-state index >= 15 is 0 Å². The van der Waals surface area contributed by atoms with E-state index in [4.69, 9.17) is 37.0 Å². The summed E-state index contributed by atoms with van der Waals surface area (Å²) in [6, 6.07) is 0. The van der Waals surface area contributed by atoms with E-state index in [1.165, 1.54) is 116 Å². The second-order valence-electron chi connectivity index (χ2n) is 27.0. The fourth-order valence-electron chi connectivity index (χ4n) is 10.8. The highest BCUT2D eigenvalue weighted by Crippen LogP contribution is 2.45. The zero-order valence-electron chi connectivity index (χ0n) is 64.5. The third kappa shape index (κ3) is 74.3. The van der Waals surface area contributed by atoms with Crippen molar-refractivity contribution in [2.45, 2.75) is 367 Å². The van der Waals surface area contributed by atoms with Crippen molar-refractivity contribution in [2.24, 2.45) is 0 Å². The summed E-state index contributed by atoms with van der Waals surface area (Å²) in [7, 11) is -9.98. The number of hydrogen-bond acceptors (Lipinski definition) is 15. The maximum atomic E-state index is 13.1. The van der Waals surface area contributed by atoms with Gasteiger partial charge in [-0.1, -0.05) is 273 Å². The molecule has 19 heteroatoms. The van der Waals surface area contributed by atoms with E-state index < -0.39 is 97.5 Å². The molecule has 0 rings (SSSR count). The number of ether oxygens (including phenoxy) is 4. The van der Waals surface area contributed by atoms with Crippen molar-refractivity contribution in [2.75, 3.05) is 39.6 Å². The topological polar surface area (TPSA) is 237 Å². The largest absolute Gasteiger partial charge is 0.472 e. The molecule has 0 bridgehead atoms. The summed E-state index contributed by atoms with van der Waals surface area (Å²) in [4.78, 5) is 73.0. The Kier molecular flexibility index (Phi) is 72.3. The van der Waals surface area contributed by atoms with Crippen molar-refractivity contribution in [3.8, 4) is 0 Å². The Balaban J connectivity index is 5.42. The minimum absolute atomic E-state index is 0.0161. The summed E-state index contributed by atoms with van der Waals surface area (Å²) in [5.74, 6) is -2.25. The van der Waals surface area contributed by atoms with E-state index in [2.05, 4.69) is 113 Å². The fraction of sp³-hybridized carbons (Fsp3) is 0.759. The van der Waals surface area contributed by atoms with Crippen molar-refractivity contribution < 1.29 is 80.2 Å². The van der Waals surface area contributed by atoms with E-state index in [0.29, 0.717) is 32.1 Å². The summed E-state index contributed by atoms with van der Waals surface area (Å²) >= 11 is 0. The van der Waals surface area contributed by atoms with Crippen LogP contribution in [0.2, 0.25) is 0 Å². The van der Waals surface area contributed by atoms with Gasteiger partial charge in [0, 0.05) is 25.7 Å². The van der Waals surface area contributed by atoms with Crippen LogP contribution in [0.15, 0.2) is 97.2 Å². The molecular weight excluding hydrogens is 1330 g/mol. The molecule has 0 aliphatic carbocycles. The van der Waals surface area contributed by atoms with Crippen LogP contribution in [-0.2, 0) is 65.4 Å². The van der Waals surface area contributed by atoms with E-state index in [1.54, 1.807) is 0 Å². The SMILES string of the molecule is CCCCC/C=C\C/C=C\C/C=C\C/C=C\CCCC(=O)O[C@H](COC(=O)CCCCCCC/C=C\C/C=C\CCCCC)COP(=O)(O)OC[C@@H](O)COP(=O)(O)OC[C@@H](COC(=O)CCCCCCCCC/C=C\CCCCCC)OC(=O)CCCCCCC/C=C\CCCCCCCC. The molecule has 0 aliphatic rings. The van der Waals surface area contributed by atoms with Gasteiger partial charge in [-0.05, 0) is 148 Å². The molecule has 3 N–H and O–H groups in total. The van der Waals surface area contributed by atoms with Crippen LogP contribution in [-0.4, -0.2) is 96.7 Å². The Labute approximate surface area is 620 Å². The van der Waals surface area contributed by atoms with Crippen LogP contribution < -0.4 is 0 Å². The maximum absolute atomic E-state index is 13.1. The number of esters is 4. The average molecular weight is 1480 g/mol. The van der Waals surface area contributed by atoms with Crippen LogP contribution in [0.1, 0.15) is 349 Å². The molecule has 0 aromatic heterocycles. The van der Waals surface area contributed by atoms with Gasteiger partial charge in [-0.3, -0.25) is 37.3 Å². The second kappa shape index (κ2) is 75.2. The predicted octanol–water partition coefficient (Wildman–Crippen LogP) is 23.6. The summed E-state index contributed by atoms with van der Waals surface area (Å²) in [5, 5.41) is 10.6. The van der Waals surface area contributed by atoms with Gasteiger partial charge in [-0.25, -0.2) is 9.13 Å². The predicted molar refractivity (Wildman–Crippen MR) is 418 cm³/mol. The lowest BCUT2D eigenvalue weighted by Crippen LogP contribution is -2.30. The number of aliphatic hydroxyl groups is 1. The van der Waals surface area contributed by atoms with Crippen molar-refractivity contribution in [1.82, 2.24) is 0 Å². The number of unbranched alkanes of at least 4 members (excludes halogenated alkanes) is 34. The molecule has 0 aromatic rings. The van der Waals surface area contributed by atoms with Gasteiger partial charge in [0.2, 0.25) is 0 Å². The molecule has 0 saturated carbocycles. The number of allylic oxidation sites excluding steroid dienone is 16. The molecule has 0 spiro atoms. The molecule has 0 saturated heterocycles. The number of carbonyl (C=O) groups excluding carboxylic acids is 4. The van der Waals surface area contributed by atoms with Crippen molar-refractivity contribution >= 4 is 39.5 Å². The van der Waals surface area contributed by atoms with E-state index in [-0.39, 0.29) is 25.7 Å². The molecule has 0 heterocycles. The number of aliphatic hydroxyl groups excluding tert-OH is 1. The Bertz CT molecular complexity index is 2310. The monoisotopic (exact) mass is 1480 g/mol. The molecule has 0 aromatic carbocycles. The van der Waals surface area contributed by atoms with E-state index in [0.717, 1.165) is 148 Å². The quantitative estimate of drug-likeness (QED) is 0.0169. The van der Waals surface area contributed by atoms with Gasteiger partial charge >= 0.3 is 39.5 Å². The zero-order valence-corrected chi connectivity index (χ0v) is 66.3. The molecule has 0 amide bonds. The number of rotatable bonds is 76. The first-order chi connectivity index (χ1) is 49.7. The second-order valence-corrected chi connectivity index (χ2v) is 29.9. The maximum Gasteiger partial charge on any atom is 0.472 e. The van der Waals surface area contributed by atoms with Crippen molar-refractivity contribution in [3.05, 3.63) is 97.2 Å². The molecular formula is C83H146O17P2. The van der Waals surface area contributed by atoms with Crippen LogP contribution in [0.3, 0.4) is 0 Å². The lowest BCUT2D eigenvalue weighted by atomic mass is 10.1. The first-order valence-electron chi connectivity index (χ1n) is 40.5. The lowest BCUT2D eigenvalue weighted by molar-refractivity contribution is -0.161. The van der Waals surface area contributed by atoms with E-state index in [1.807, 2.05) is 12.2 Å². The Morgan fingerprint density at radius 1 is 0.275 bits per heavy atom. The minimum Gasteiger partial charge on any atom is -0.462 e. The summed E-state index contributed by atoms with van der Waals surface area (Å²) in [6.07, 6.45) is 79.6. The average Bonchev–Trinajstić information content (AvgIpc) is 0.917. The van der Waals surface area contributed by atoms with Gasteiger partial charge < -0.3 is 33.8 Å². The normalized spacial score (nSPS) is 14.4. The van der Waals surface area contributed by atoms with Crippen LogP contribution in [0, 0.1) is 0 Å². The molecule has 102 heavy (non-hydrogen) atoms. The summed E-state index contributed by atoms with van der Waals surface area (Å²) in [6.45, 7) is 4.75. The molecule has 0 radical (unpaired) electrons. The smallest absolute Gasteiger partial charge is 0.462 e. The molecule has 5 atom stereocenters. The van der Waals surface area contributed by atoms with E-state index in [9.17, 15) is 43.2 Å². The van der Waals surface area contributed by atoms with Crippen molar-refractivity contribution in [1.29, 1.82) is 0 Å². The van der Waals surface area contributed by atoms with Crippen LogP contribution >= 0.6 is 15.6 Å². The van der Waals surface area contributed by atoms with Gasteiger partial charge in [0.1, 0.15) is 19.3 Å². The highest BCUT2D eigenvalue weighted by atomic mass is 31.2. The number of phosphoric ester groups is 2. The number of carbonyl (C=O) groups is 4. The third-order valence-electron chi connectivity index (χ3n) is 17.0. The highest BCUT2D eigenvalue weighted by molar-refractivity contribution is 7.47. The zero-order chi connectivity index (χ0) is 74.6. The highest BCUT2D eigenvalue weighted by Gasteiger charge is 2.30. The molecule has 590 valence electrons. The van der Waals surface area contributed by atoms with Crippen LogP contribution in [0.5, 0.6) is 0 Å². The van der Waals surface area contributed by atoms with Gasteiger partial charge in [0.15, 0.2) is 12.2 Å². The first-order valence-corrected chi connectivity index (χ1v) is 43.5.